The highest BCUT2D eigenvalue weighted by molar-refractivity contribution is 7.92. The topological polar surface area (TPSA) is 147 Å². The van der Waals surface area contributed by atoms with Gasteiger partial charge in [-0.3, -0.25) is 14.8 Å². The van der Waals surface area contributed by atoms with Crippen molar-refractivity contribution in [2.24, 2.45) is 0 Å². The fraction of sp³-hybridized carbons (Fsp3) is 0.250. The first-order valence-electron chi connectivity index (χ1n) is 7.81. The maximum absolute atomic E-state index is 12.8. The van der Waals surface area contributed by atoms with Gasteiger partial charge in [0.2, 0.25) is 10.0 Å². The van der Waals surface area contributed by atoms with Crippen LogP contribution in [0.25, 0.3) is 0 Å². The molecule has 0 heterocycles. The number of aryl methyl sites for hydroxylation is 1. The fourth-order valence-corrected chi connectivity index (χ4v) is 4.69. The van der Waals surface area contributed by atoms with Crippen molar-refractivity contribution < 1.29 is 26.9 Å². The molecule has 28 heavy (non-hydrogen) atoms. The lowest BCUT2D eigenvalue weighted by Gasteiger charge is -2.15. The molecule has 0 bridgehead atoms. The molecule has 0 spiro atoms. The largest absolute Gasteiger partial charge is 0.506 e. The Morgan fingerprint density at radius 2 is 1.68 bits per heavy atom. The predicted octanol–water partition coefficient (Wildman–Crippen LogP) is 1.97. The first-order valence-corrected chi connectivity index (χ1v) is 10.7. The molecular weight excluding hydrogens is 410 g/mol. The van der Waals surface area contributed by atoms with Gasteiger partial charge < -0.3 is 5.11 Å². The van der Waals surface area contributed by atoms with Crippen LogP contribution in [0.1, 0.15) is 11.1 Å². The van der Waals surface area contributed by atoms with Crippen LogP contribution in [0.4, 0.5) is 11.4 Å². The van der Waals surface area contributed by atoms with Crippen LogP contribution in [0.15, 0.2) is 40.1 Å². The van der Waals surface area contributed by atoms with E-state index in [1.807, 2.05) is 0 Å². The Morgan fingerprint density at radius 3 is 2.21 bits per heavy atom. The Hall–Kier alpha value is -2.70. The molecule has 2 aromatic rings. The first kappa shape index (κ1) is 21.6. The van der Waals surface area contributed by atoms with Crippen LogP contribution in [-0.2, 0) is 20.0 Å². The summed E-state index contributed by atoms with van der Waals surface area (Å²) in [6, 6.07) is 5.30. The summed E-state index contributed by atoms with van der Waals surface area (Å²) in [7, 11) is -5.61. The molecule has 0 atom stereocenters. The molecule has 12 heteroatoms. The third-order valence-corrected chi connectivity index (χ3v) is 7.40. The van der Waals surface area contributed by atoms with Crippen molar-refractivity contribution in [1.29, 1.82) is 0 Å². The molecule has 0 saturated carbocycles. The van der Waals surface area contributed by atoms with E-state index in [1.165, 1.54) is 34.0 Å². The number of hydrogen-bond acceptors (Lipinski definition) is 7. The highest BCUT2D eigenvalue weighted by Crippen LogP contribution is 2.32. The summed E-state index contributed by atoms with van der Waals surface area (Å²) < 4.78 is 53.1. The summed E-state index contributed by atoms with van der Waals surface area (Å²) in [5.41, 5.74) is -0.0968. The molecule has 0 amide bonds. The van der Waals surface area contributed by atoms with Crippen LogP contribution in [0.2, 0.25) is 0 Å². The number of sulfonamides is 2. The molecule has 2 rings (SSSR count). The number of aromatic hydroxyl groups is 1. The quantitative estimate of drug-likeness (QED) is 0.405. The predicted molar refractivity (Wildman–Crippen MR) is 102 cm³/mol. The number of phenols is 1. The van der Waals surface area contributed by atoms with Gasteiger partial charge >= 0.3 is 0 Å². The van der Waals surface area contributed by atoms with Gasteiger partial charge in [-0.1, -0.05) is 0 Å². The Kier molecular flexibility index (Phi) is 5.69. The molecule has 0 aliphatic carbocycles. The lowest BCUT2D eigenvalue weighted by molar-refractivity contribution is -0.385. The molecule has 0 radical (unpaired) electrons. The number of nitrogens with one attached hydrogen (secondary N) is 1. The third kappa shape index (κ3) is 4.08. The van der Waals surface area contributed by atoms with Gasteiger partial charge in [0.05, 0.1) is 20.4 Å². The van der Waals surface area contributed by atoms with E-state index in [-0.39, 0.29) is 21.0 Å². The minimum absolute atomic E-state index is 0.236. The smallest absolute Gasteiger partial charge is 0.271 e. The summed E-state index contributed by atoms with van der Waals surface area (Å²) in [6.45, 7) is 3.02. The van der Waals surface area contributed by atoms with E-state index in [0.717, 1.165) is 28.6 Å². The highest BCUT2D eigenvalue weighted by Gasteiger charge is 2.25. The summed E-state index contributed by atoms with van der Waals surface area (Å²) in [4.78, 5) is 9.75. The van der Waals surface area contributed by atoms with Crippen LogP contribution < -0.4 is 4.72 Å². The lowest BCUT2D eigenvalue weighted by Crippen LogP contribution is -2.22. The summed E-state index contributed by atoms with van der Waals surface area (Å²) in [6.07, 6.45) is 0. The Morgan fingerprint density at radius 1 is 1.07 bits per heavy atom. The summed E-state index contributed by atoms with van der Waals surface area (Å²) in [5, 5.41) is 21.0. The Bertz CT molecular complexity index is 1160. The summed E-state index contributed by atoms with van der Waals surface area (Å²) in [5.74, 6) is -0.499. The van der Waals surface area contributed by atoms with Gasteiger partial charge in [0, 0.05) is 26.2 Å². The van der Waals surface area contributed by atoms with Crippen molar-refractivity contribution in [3.05, 3.63) is 51.6 Å². The van der Waals surface area contributed by atoms with Crippen molar-refractivity contribution >= 4 is 31.4 Å². The first-order chi connectivity index (χ1) is 12.8. The molecule has 0 fully saturated rings. The minimum atomic E-state index is -4.35. The van der Waals surface area contributed by atoms with Gasteiger partial charge in [0.25, 0.3) is 15.7 Å². The second-order valence-corrected chi connectivity index (χ2v) is 10.0. The number of benzene rings is 2. The number of hydrogen-bond donors (Lipinski definition) is 2. The maximum Gasteiger partial charge on any atom is 0.271 e. The second kappa shape index (κ2) is 7.37. The molecular formula is C16H19N3O7S2. The number of nitro benzene ring substituents is 1. The Balaban J connectivity index is 2.59. The Labute approximate surface area is 162 Å². The van der Waals surface area contributed by atoms with E-state index >= 15 is 0 Å². The molecule has 2 N–H and O–H groups in total. The van der Waals surface area contributed by atoms with E-state index in [2.05, 4.69) is 4.72 Å². The molecule has 10 nitrogen and oxygen atoms in total. The molecule has 0 saturated heterocycles. The van der Waals surface area contributed by atoms with Gasteiger partial charge in [-0.2, -0.15) is 0 Å². The highest BCUT2D eigenvalue weighted by atomic mass is 32.2. The SMILES string of the molecule is Cc1cc([N+](=O)[O-])cc(S(=O)(=O)Nc2cc(S(=O)(=O)N(C)C)ccc2O)c1C. The van der Waals surface area contributed by atoms with E-state index in [9.17, 15) is 32.1 Å². The number of phenolic OH excluding ortho intramolecular Hbond substituents is 1. The van der Waals surface area contributed by atoms with E-state index < -0.39 is 36.4 Å². The maximum atomic E-state index is 12.8. The van der Waals surface area contributed by atoms with Crippen molar-refractivity contribution in [2.75, 3.05) is 18.8 Å². The van der Waals surface area contributed by atoms with Crippen LogP contribution in [0, 0.1) is 24.0 Å². The standard InChI is InChI=1S/C16H19N3O7S2/c1-10-7-12(19(21)22)8-16(11(10)2)27(23,24)17-14-9-13(5-6-15(14)20)28(25,26)18(3)4/h5-9,17,20H,1-4H3. The van der Waals surface area contributed by atoms with E-state index in [4.69, 9.17) is 0 Å². The molecule has 2 aromatic carbocycles. The van der Waals surface area contributed by atoms with Crippen LogP contribution >= 0.6 is 0 Å². The van der Waals surface area contributed by atoms with Gasteiger partial charge in [0.15, 0.2) is 0 Å². The molecule has 0 aliphatic rings. The van der Waals surface area contributed by atoms with Crippen LogP contribution in [0.5, 0.6) is 5.75 Å². The lowest BCUT2D eigenvalue weighted by atomic mass is 10.1. The van der Waals surface area contributed by atoms with Crippen molar-refractivity contribution in [1.82, 2.24) is 4.31 Å². The third-order valence-electron chi connectivity index (χ3n) is 4.10. The molecule has 0 aromatic heterocycles. The van der Waals surface area contributed by atoms with Gasteiger partial charge in [-0.15, -0.1) is 0 Å². The molecule has 0 unspecified atom stereocenters. The molecule has 152 valence electrons. The van der Waals surface area contributed by atoms with Crippen molar-refractivity contribution in [3.8, 4) is 5.75 Å². The number of nitro groups is 1. The normalized spacial score (nSPS) is 12.2. The van der Waals surface area contributed by atoms with Crippen molar-refractivity contribution in [3.63, 3.8) is 0 Å². The fourth-order valence-electron chi connectivity index (χ4n) is 2.36. The number of non-ortho nitro benzene ring substituents is 1. The van der Waals surface area contributed by atoms with Gasteiger partial charge in [-0.05, 0) is 43.2 Å². The van der Waals surface area contributed by atoms with Crippen LogP contribution in [-0.4, -0.2) is 45.3 Å². The van der Waals surface area contributed by atoms with Gasteiger partial charge in [0.1, 0.15) is 5.75 Å². The average molecular weight is 429 g/mol. The van der Waals surface area contributed by atoms with Gasteiger partial charge in [-0.25, -0.2) is 21.1 Å². The molecule has 0 aliphatic heterocycles. The number of anilines is 1. The van der Waals surface area contributed by atoms with Crippen molar-refractivity contribution in [2.45, 2.75) is 23.6 Å². The average Bonchev–Trinajstić information content (AvgIpc) is 2.58. The zero-order chi connectivity index (χ0) is 21.4. The second-order valence-electron chi connectivity index (χ2n) is 6.21. The number of rotatable bonds is 6. The minimum Gasteiger partial charge on any atom is -0.506 e. The van der Waals surface area contributed by atoms with Crippen LogP contribution in [0.3, 0.4) is 0 Å². The van der Waals surface area contributed by atoms with E-state index in [1.54, 1.807) is 0 Å². The van der Waals surface area contributed by atoms with E-state index in [0.29, 0.717) is 5.56 Å². The summed E-state index contributed by atoms with van der Waals surface area (Å²) >= 11 is 0. The zero-order valence-corrected chi connectivity index (χ0v) is 17.1. The monoisotopic (exact) mass is 429 g/mol. The zero-order valence-electron chi connectivity index (χ0n) is 15.5. The number of nitrogens with zero attached hydrogens (tertiary/aromatic N) is 2.